The van der Waals surface area contributed by atoms with Gasteiger partial charge in [-0.1, -0.05) is 50.2 Å². The van der Waals surface area contributed by atoms with Crippen LogP contribution in [0, 0.1) is 12.8 Å². The first-order chi connectivity index (χ1) is 33.9. The molecule has 5 N–H and O–H groups in total. The van der Waals surface area contributed by atoms with Gasteiger partial charge in [-0.15, -0.1) is 21.5 Å². The van der Waals surface area contributed by atoms with Crippen LogP contribution in [-0.4, -0.2) is 132 Å². The third kappa shape index (κ3) is 11.3. The molecule has 4 aromatic heterocycles. The number of carbonyl (C=O) groups is 2. The van der Waals surface area contributed by atoms with E-state index in [2.05, 4.69) is 35.7 Å². The number of amides is 2. The van der Waals surface area contributed by atoms with Crippen LogP contribution < -0.4 is 15.8 Å². The van der Waals surface area contributed by atoms with Crippen LogP contribution >= 0.6 is 11.3 Å². The summed E-state index contributed by atoms with van der Waals surface area (Å²) in [6.07, 6.45) is 7.14. The highest BCUT2D eigenvalue weighted by Gasteiger charge is 2.44. The highest BCUT2D eigenvalue weighted by Crippen LogP contribution is 2.35. The highest BCUT2D eigenvalue weighted by atomic mass is 32.1. The molecule has 6 aromatic rings. The van der Waals surface area contributed by atoms with E-state index in [9.17, 15) is 19.8 Å². The Hall–Kier alpha value is -6.25. The van der Waals surface area contributed by atoms with Gasteiger partial charge in [0.25, 0.3) is 5.88 Å². The lowest BCUT2D eigenvalue weighted by atomic mass is 9.91. The second-order valence-corrected chi connectivity index (χ2v) is 19.8. The number of aromatic nitrogens is 6. The quantitative estimate of drug-likeness (QED) is 0.0688. The second-order valence-electron chi connectivity index (χ2n) is 19.0. The van der Waals surface area contributed by atoms with E-state index in [1.165, 1.54) is 4.90 Å². The molecule has 0 radical (unpaired) electrons. The SMILES string of the molecule is Cc1ncsc1-c1ccc([C@H](C)NC(=O)[C@@H]2C[C@@H](O)CN2C(=O)[C@@H](c2cc(OCCN3CCC(O[C@H]4C[C@H](OCCn5cc(-c6cc(-c7ccccc7O)nnc6N)cn5)C4)CC3)no2)C(C)C)cc1. The smallest absolute Gasteiger partial charge is 0.254 e. The molecule has 18 nitrogen and oxygen atoms in total. The summed E-state index contributed by atoms with van der Waals surface area (Å²) >= 11 is 1.59. The summed E-state index contributed by atoms with van der Waals surface area (Å²) in [6.45, 7) is 11.8. The van der Waals surface area contributed by atoms with Gasteiger partial charge < -0.3 is 44.9 Å². The number of hydrogen-bond acceptors (Lipinski definition) is 16. The van der Waals surface area contributed by atoms with E-state index in [0.29, 0.717) is 54.8 Å². The maximum atomic E-state index is 14.2. The lowest BCUT2D eigenvalue weighted by molar-refractivity contribution is -0.141. The average molecular weight is 975 g/mol. The van der Waals surface area contributed by atoms with Crippen molar-refractivity contribution < 1.29 is 38.5 Å². The first kappa shape index (κ1) is 48.8. The zero-order valence-corrected chi connectivity index (χ0v) is 40.8. The first-order valence-electron chi connectivity index (χ1n) is 24.2. The summed E-state index contributed by atoms with van der Waals surface area (Å²) in [5, 5.41) is 41.0. The number of thiazole rings is 1. The number of nitrogens with zero attached hydrogens (tertiary/aromatic N) is 8. The summed E-state index contributed by atoms with van der Waals surface area (Å²) in [5.74, 6) is -0.434. The molecule has 2 aromatic carbocycles. The van der Waals surface area contributed by atoms with E-state index in [1.54, 1.807) is 41.8 Å². The lowest BCUT2D eigenvalue weighted by Crippen LogP contribution is -2.48. The van der Waals surface area contributed by atoms with Crippen LogP contribution in [0.1, 0.15) is 81.9 Å². The average Bonchev–Trinajstić information content (AvgIpc) is 4.18. The van der Waals surface area contributed by atoms with Crippen molar-refractivity contribution >= 4 is 29.0 Å². The second kappa shape index (κ2) is 21.8. The normalized spacial score (nSPS) is 20.6. The zero-order valence-electron chi connectivity index (χ0n) is 40.0. The van der Waals surface area contributed by atoms with Gasteiger partial charge in [-0.05, 0) is 79.9 Å². The number of carbonyl (C=O) groups excluding carboxylic acids is 2. The summed E-state index contributed by atoms with van der Waals surface area (Å²) in [5.41, 5.74) is 13.6. The molecule has 3 aliphatic rings. The van der Waals surface area contributed by atoms with Crippen molar-refractivity contribution in [1.82, 2.24) is 45.2 Å². The van der Waals surface area contributed by atoms with Crippen LogP contribution in [0.2, 0.25) is 0 Å². The Labute approximate surface area is 411 Å². The highest BCUT2D eigenvalue weighted by molar-refractivity contribution is 7.13. The molecule has 2 amide bonds. The van der Waals surface area contributed by atoms with Gasteiger partial charge >= 0.3 is 0 Å². The molecule has 0 bridgehead atoms. The molecule has 19 heteroatoms. The van der Waals surface area contributed by atoms with Crippen molar-refractivity contribution in [2.24, 2.45) is 5.92 Å². The fourth-order valence-corrected chi connectivity index (χ4v) is 10.4. The molecule has 70 heavy (non-hydrogen) atoms. The standard InChI is InChI=1S/C51H62N10O8S/c1-30(2)47(51(65)61-28-36(62)21-43(61)50(64)55-31(3)33-9-11-34(12-10-33)48-32(4)53-29-70-48)45-25-46(58-69-45)67-19-17-59-15-13-37(14-16-59)68-39-22-38(23-39)66-20-18-60-27-35(26-54-60)41-24-42(56-57-49(41)52)40-7-5-6-8-44(40)63/h5-12,24-27,29-31,36-39,43,47,62-63H,13-23,28H2,1-4H3,(H2,52,57)(H,55,64)/t31-,36+,38-,39-,43-,47+/m0/s1. The van der Waals surface area contributed by atoms with Gasteiger partial charge in [0, 0.05) is 61.6 Å². The largest absolute Gasteiger partial charge is 0.507 e. The summed E-state index contributed by atoms with van der Waals surface area (Å²) in [6, 6.07) is 17.3. The molecule has 370 valence electrons. The number of rotatable bonds is 19. The molecular formula is C51H62N10O8S. The van der Waals surface area contributed by atoms with Crippen molar-refractivity contribution in [2.45, 2.75) is 109 Å². The van der Waals surface area contributed by atoms with Crippen LogP contribution in [0.25, 0.3) is 32.8 Å². The van der Waals surface area contributed by atoms with E-state index < -0.39 is 18.1 Å². The molecule has 1 saturated carbocycles. The fraction of sp³-hybridized carbons (Fsp3) is 0.471. The van der Waals surface area contributed by atoms with Crippen LogP contribution in [0.5, 0.6) is 11.6 Å². The van der Waals surface area contributed by atoms with Crippen molar-refractivity contribution in [2.75, 3.05) is 45.1 Å². The van der Waals surface area contributed by atoms with Crippen LogP contribution in [0.4, 0.5) is 5.82 Å². The van der Waals surface area contributed by atoms with Crippen LogP contribution in [-0.2, 0) is 25.6 Å². The van der Waals surface area contributed by atoms with Crippen LogP contribution in [0.15, 0.2) is 83.1 Å². The summed E-state index contributed by atoms with van der Waals surface area (Å²) < 4.78 is 26.1. The Kier molecular flexibility index (Phi) is 15.2. The Bertz CT molecular complexity index is 2710. The van der Waals surface area contributed by atoms with Gasteiger partial charge in [-0.3, -0.25) is 19.2 Å². The number of benzene rings is 2. The number of aromatic hydroxyl groups is 1. The first-order valence-corrected chi connectivity index (χ1v) is 25.1. The molecule has 4 atom stereocenters. The minimum atomic E-state index is -0.828. The van der Waals surface area contributed by atoms with Gasteiger partial charge in [0.05, 0.1) is 71.6 Å². The van der Waals surface area contributed by atoms with Crippen molar-refractivity contribution in [3.05, 3.63) is 95.6 Å². The molecule has 3 fully saturated rings. The van der Waals surface area contributed by atoms with Crippen LogP contribution in [0.3, 0.4) is 0 Å². The molecule has 2 saturated heterocycles. The molecule has 0 unspecified atom stereocenters. The summed E-state index contributed by atoms with van der Waals surface area (Å²) in [4.78, 5) is 37.2. The Morgan fingerprint density at radius 1 is 0.943 bits per heavy atom. The Morgan fingerprint density at radius 2 is 1.73 bits per heavy atom. The predicted octanol–water partition coefficient (Wildman–Crippen LogP) is 6.40. The molecule has 9 rings (SSSR count). The number of anilines is 1. The number of hydrogen-bond donors (Lipinski definition) is 4. The van der Waals surface area contributed by atoms with E-state index >= 15 is 0 Å². The number of aryl methyl sites for hydroxylation is 1. The monoisotopic (exact) mass is 974 g/mol. The number of phenolic OH excluding ortho intramolecular Hbond substituents is 1. The van der Waals surface area contributed by atoms with Gasteiger partial charge in [0.1, 0.15) is 24.3 Å². The molecule has 6 heterocycles. The number of nitrogens with one attached hydrogen (secondary N) is 1. The number of aliphatic hydroxyl groups excluding tert-OH is 1. The zero-order chi connectivity index (χ0) is 48.9. The van der Waals surface area contributed by atoms with Crippen molar-refractivity contribution in [3.8, 4) is 44.5 Å². The van der Waals surface area contributed by atoms with Gasteiger partial charge in [0.2, 0.25) is 11.8 Å². The Morgan fingerprint density at radius 3 is 2.47 bits per heavy atom. The van der Waals surface area contributed by atoms with E-state index in [4.69, 9.17) is 24.5 Å². The van der Waals surface area contributed by atoms with Crippen molar-refractivity contribution in [3.63, 3.8) is 0 Å². The predicted molar refractivity (Wildman–Crippen MR) is 263 cm³/mol. The third-order valence-corrected chi connectivity index (χ3v) is 14.6. The maximum Gasteiger partial charge on any atom is 0.254 e. The Balaban J connectivity index is 0.671. The fourth-order valence-electron chi connectivity index (χ4n) is 9.58. The number of aliphatic hydroxyl groups is 1. The molecule has 0 spiro atoms. The van der Waals surface area contributed by atoms with Gasteiger partial charge in [-0.25, -0.2) is 4.98 Å². The number of phenols is 1. The molecule has 2 aliphatic heterocycles. The minimum absolute atomic E-state index is 0.0531. The van der Waals surface area contributed by atoms with E-state index in [1.807, 2.05) is 80.5 Å². The summed E-state index contributed by atoms with van der Waals surface area (Å²) in [7, 11) is 0. The van der Waals surface area contributed by atoms with Gasteiger partial charge in [0.15, 0.2) is 11.6 Å². The molecular weight excluding hydrogens is 913 g/mol. The third-order valence-electron chi connectivity index (χ3n) is 13.6. The number of nitrogens with two attached hydrogens (primary N) is 1. The number of β-amino-alcohol motifs (C(OH)–C–C–N with tert-alkyl or cyclic N) is 1. The van der Waals surface area contributed by atoms with E-state index in [-0.39, 0.29) is 66.6 Å². The number of nitrogen functional groups attached to an aromatic ring is 1. The van der Waals surface area contributed by atoms with Crippen molar-refractivity contribution in [1.29, 1.82) is 0 Å². The maximum absolute atomic E-state index is 14.2. The molecule has 1 aliphatic carbocycles. The number of para-hydroxylation sites is 1. The number of likely N-dealkylation sites (tertiary alicyclic amines) is 2. The number of ether oxygens (including phenoxy) is 3. The number of piperidine rings is 1. The van der Waals surface area contributed by atoms with Gasteiger partial charge in [-0.2, -0.15) is 5.10 Å². The van der Waals surface area contributed by atoms with E-state index in [0.717, 1.165) is 66.0 Å². The lowest BCUT2D eigenvalue weighted by Gasteiger charge is -2.39. The minimum Gasteiger partial charge on any atom is -0.507 e. The topological polar surface area (TPSA) is 229 Å².